The van der Waals surface area contributed by atoms with Crippen molar-refractivity contribution in [3.63, 3.8) is 0 Å². The summed E-state index contributed by atoms with van der Waals surface area (Å²) in [4.78, 5) is 14.9. The second-order valence-corrected chi connectivity index (χ2v) is 4.50. The van der Waals surface area contributed by atoms with E-state index in [-0.39, 0.29) is 5.75 Å². The number of hydrogen-bond donors (Lipinski definition) is 1. The average Bonchev–Trinajstić information content (AvgIpc) is 2.52. The van der Waals surface area contributed by atoms with E-state index in [1.54, 1.807) is 18.2 Å². The zero-order valence-corrected chi connectivity index (χ0v) is 11.7. The molecule has 0 saturated heterocycles. The molecule has 0 radical (unpaired) electrons. The number of ether oxygens (including phenoxy) is 2. The number of carboxylic acid groups (broad SMARTS) is 1. The fourth-order valence-electron chi connectivity index (χ4n) is 1.68. The van der Waals surface area contributed by atoms with Crippen LogP contribution >= 0.6 is 0 Å². The van der Waals surface area contributed by atoms with E-state index >= 15 is 0 Å². The monoisotopic (exact) mass is 327 g/mol. The van der Waals surface area contributed by atoms with Gasteiger partial charge in [-0.3, -0.25) is 0 Å². The minimum atomic E-state index is -5.22. The van der Waals surface area contributed by atoms with E-state index in [0.29, 0.717) is 0 Å². The third-order valence-electron chi connectivity index (χ3n) is 2.91. The Morgan fingerprint density at radius 2 is 1.74 bits per heavy atom. The number of aromatic nitrogens is 1. The fraction of sp³-hybridized carbons (Fsp3) is 0.200. The number of hydrogen-bond acceptors (Lipinski definition) is 4. The SMILES string of the molecule is O=C(O)C(COc1ccccc1)(Oc1ccccn1)C(F)(F)F. The van der Waals surface area contributed by atoms with Gasteiger partial charge in [-0.15, -0.1) is 0 Å². The predicted octanol–water partition coefficient (Wildman–Crippen LogP) is 2.93. The van der Waals surface area contributed by atoms with Gasteiger partial charge in [-0.05, 0) is 18.2 Å². The predicted molar refractivity (Wildman–Crippen MR) is 73.2 cm³/mol. The van der Waals surface area contributed by atoms with Gasteiger partial charge < -0.3 is 14.6 Å². The first-order valence-electron chi connectivity index (χ1n) is 6.43. The quantitative estimate of drug-likeness (QED) is 0.883. The molecule has 1 aromatic heterocycles. The van der Waals surface area contributed by atoms with Crippen molar-refractivity contribution in [2.24, 2.45) is 0 Å². The first-order chi connectivity index (χ1) is 10.8. The lowest BCUT2D eigenvalue weighted by molar-refractivity contribution is -0.258. The minimum Gasteiger partial charge on any atom is -0.488 e. The van der Waals surface area contributed by atoms with Gasteiger partial charge in [-0.1, -0.05) is 24.3 Å². The van der Waals surface area contributed by atoms with Crippen LogP contribution in [-0.2, 0) is 4.79 Å². The Bertz CT molecular complexity index is 649. The molecule has 2 aromatic rings. The molecule has 23 heavy (non-hydrogen) atoms. The molecule has 0 fully saturated rings. The van der Waals surface area contributed by atoms with Gasteiger partial charge in [0.15, 0.2) is 0 Å². The molecule has 1 aromatic carbocycles. The lowest BCUT2D eigenvalue weighted by Crippen LogP contribution is -2.60. The Kier molecular flexibility index (Phi) is 4.73. The fourth-order valence-corrected chi connectivity index (χ4v) is 1.68. The summed E-state index contributed by atoms with van der Waals surface area (Å²) in [5, 5.41) is 9.15. The van der Waals surface area contributed by atoms with E-state index in [2.05, 4.69) is 9.72 Å². The summed E-state index contributed by atoms with van der Waals surface area (Å²) in [5.41, 5.74) is -3.57. The lowest BCUT2D eigenvalue weighted by Gasteiger charge is -2.31. The number of carboxylic acids is 1. The second-order valence-electron chi connectivity index (χ2n) is 4.50. The highest BCUT2D eigenvalue weighted by Gasteiger charge is 2.65. The molecule has 8 heteroatoms. The van der Waals surface area contributed by atoms with Crippen molar-refractivity contribution in [3.05, 3.63) is 54.7 Å². The Balaban J connectivity index is 2.31. The van der Waals surface area contributed by atoms with Crippen molar-refractivity contribution in [1.82, 2.24) is 4.98 Å². The summed E-state index contributed by atoms with van der Waals surface area (Å²) in [5.74, 6) is -2.59. The van der Waals surface area contributed by atoms with Crippen LogP contribution in [0.4, 0.5) is 13.2 Å². The van der Waals surface area contributed by atoms with Gasteiger partial charge in [0.05, 0.1) is 0 Å². The molecule has 1 N–H and O–H groups in total. The van der Waals surface area contributed by atoms with E-state index in [1.807, 2.05) is 0 Å². The molecule has 0 aliphatic heterocycles. The van der Waals surface area contributed by atoms with Crippen LogP contribution in [0.15, 0.2) is 54.7 Å². The van der Waals surface area contributed by atoms with Crippen LogP contribution in [0.1, 0.15) is 0 Å². The third kappa shape index (κ3) is 3.71. The first-order valence-corrected chi connectivity index (χ1v) is 6.43. The molecular weight excluding hydrogens is 315 g/mol. The molecule has 2 rings (SSSR count). The largest absolute Gasteiger partial charge is 0.488 e. The van der Waals surface area contributed by atoms with Gasteiger partial charge in [-0.2, -0.15) is 13.2 Å². The van der Waals surface area contributed by atoms with Gasteiger partial charge in [0, 0.05) is 12.3 Å². The van der Waals surface area contributed by atoms with Crippen LogP contribution in [0.25, 0.3) is 0 Å². The number of alkyl halides is 3. The summed E-state index contributed by atoms with van der Waals surface area (Å²) in [6, 6.07) is 11.5. The highest BCUT2D eigenvalue weighted by Crippen LogP contribution is 2.35. The molecule has 0 aliphatic carbocycles. The number of para-hydroxylation sites is 1. The Morgan fingerprint density at radius 1 is 1.09 bits per heavy atom. The number of aliphatic carboxylic acids is 1. The van der Waals surface area contributed by atoms with Crippen LogP contribution in [0.3, 0.4) is 0 Å². The van der Waals surface area contributed by atoms with E-state index in [4.69, 9.17) is 9.84 Å². The summed E-state index contributed by atoms with van der Waals surface area (Å²) in [6.45, 7) is -1.26. The normalized spacial score (nSPS) is 13.9. The van der Waals surface area contributed by atoms with Crippen molar-refractivity contribution in [1.29, 1.82) is 0 Å². The highest BCUT2D eigenvalue weighted by molar-refractivity contribution is 5.79. The molecule has 0 saturated carbocycles. The van der Waals surface area contributed by atoms with Crippen LogP contribution in [0.2, 0.25) is 0 Å². The van der Waals surface area contributed by atoms with Gasteiger partial charge in [0.2, 0.25) is 5.88 Å². The summed E-state index contributed by atoms with van der Waals surface area (Å²) >= 11 is 0. The standard InChI is InChI=1S/C15H12F3NO4/c16-15(17,18)14(13(20)21,23-12-8-4-5-9-19-12)10-22-11-6-2-1-3-7-11/h1-9H,10H2,(H,20,21). The maximum absolute atomic E-state index is 13.4. The number of carbonyl (C=O) groups is 1. The van der Waals surface area contributed by atoms with E-state index < -0.39 is 30.2 Å². The smallest absolute Gasteiger partial charge is 0.443 e. The van der Waals surface area contributed by atoms with Crippen LogP contribution in [0, 0.1) is 0 Å². The molecule has 5 nitrogen and oxygen atoms in total. The van der Waals surface area contributed by atoms with Crippen LogP contribution in [-0.4, -0.2) is 34.4 Å². The van der Waals surface area contributed by atoms with Crippen molar-refractivity contribution >= 4 is 5.97 Å². The summed E-state index contributed by atoms with van der Waals surface area (Å²) in [6.07, 6.45) is -4.03. The number of rotatable bonds is 6. The lowest BCUT2D eigenvalue weighted by atomic mass is 10.1. The van der Waals surface area contributed by atoms with Crippen molar-refractivity contribution in [2.45, 2.75) is 11.8 Å². The van der Waals surface area contributed by atoms with Crippen molar-refractivity contribution in [3.8, 4) is 11.6 Å². The average molecular weight is 327 g/mol. The number of pyridine rings is 1. The molecule has 1 heterocycles. The van der Waals surface area contributed by atoms with Crippen LogP contribution in [0.5, 0.6) is 11.6 Å². The summed E-state index contributed by atoms with van der Waals surface area (Å²) in [7, 11) is 0. The van der Waals surface area contributed by atoms with E-state index in [9.17, 15) is 18.0 Å². The Morgan fingerprint density at radius 3 is 2.26 bits per heavy atom. The van der Waals surface area contributed by atoms with Gasteiger partial charge in [0.1, 0.15) is 12.4 Å². The van der Waals surface area contributed by atoms with Gasteiger partial charge in [0.25, 0.3) is 0 Å². The third-order valence-corrected chi connectivity index (χ3v) is 2.91. The highest BCUT2D eigenvalue weighted by atomic mass is 19.4. The summed E-state index contributed by atoms with van der Waals surface area (Å²) < 4.78 is 49.9. The molecule has 0 aliphatic rings. The van der Waals surface area contributed by atoms with Gasteiger partial charge in [-0.25, -0.2) is 9.78 Å². The molecule has 0 spiro atoms. The molecule has 0 bridgehead atoms. The Hall–Kier alpha value is -2.77. The molecular formula is C15H12F3NO4. The molecule has 1 unspecified atom stereocenters. The first kappa shape index (κ1) is 16.6. The maximum Gasteiger partial charge on any atom is 0.443 e. The minimum absolute atomic E-state index is 0.0898. The van der Waals surface area contributed by atoms with Crippen LogP contribution < -0.4 is 9.47 Å². The van der Waals surface area contributed by atoms with Crippen molar-refractivity contribution in [2.75, 3.05) is 6.61 Å². The van der Waals surface area contributed by atoms with E-state index in [0.717, 1.165) is 6.07 Å². The zero-order valence-electron chi connectivity index (χ0n) is 11.7. The van der Waals surface area contributed by atoms with Gasteiger partial charge >= 0.3 is 17.7 Å². The maximum atomic E-state index is 13.4. The van der Waals surface area contributed by atoms with Crippen molar-refractivity contribution < 1.29 is 32.5 Å². The topological polar surface area (TPSA) is 68.7 Å². The molecule has 122 valence electrons. The number of nitrogens with zero attached hydrogens (tertiary/aromatic N) is 1. The number of benzene rings is 1. The second kappa shape index (κ2) is 6.55. The Labute approximate surface area is 129 Å². The van der Waals surface area contributed by atoms with E-state index in [1.165, 1.54) is 30.5 Å². The number of halogens is 3. The zero-order chi connectivity index (χ0) is 16.9. The molecule has 0 amide bonds. The molecule has 1 atom stereocenters.